The first kappa shape index (κ1) is 14.4. The van der Waals surface area contributed by atoms with Crippen LogP contribution in [0.3, 0.4) is 0 Å². The Morgan fingerprint density at radius 2 is 2.00 bits per heavy atom. The molecule has 17 heavy (non-hydrogen) atoms. The molecule has 1 saturated carbocycles. The number of amides is 1. The van der Waals surface area contributed by atoms with E-state index in [-0.39, 0.29) is 5.91 Å². The molecule has 1 amide bonds. The van der Waals surface area contributed by atoms with Crippen molar-refractivity contribution in [3.05, 3.63) is 0 Å². The molecule has 0 aromatic heterocycles. The van der Waals surface area contributed by atoms with E-state index in [1.54, 1.807) is 11.8 Å². The van der Waals surface area contributed by atoms with Crippen LogP contribution in [0.15, 0.2) is 0 Å². The molecule has 2 N–H and O–H groups in total. The first-order valence-corrected chi connectivity index (χ1v) is 7.32. The minimum atomic E-state index is -0.948. The number of rotatable bonds is 6. The molecule has 0 radical (unpaired) electrons. The smallest absolute Gasteiger partial charge is 0.327 e. The molecule has 0 bridgehead atoms. The minimum Gasteiger partial charge on any atom is -0.480 e. The number of aliphatic carboxylic acids is 1. The lowest BCUT2D eigenvalue weighted by Gasteiger charge is -2.21. The second-order valence-electron chi connectivity index (χ2n) is 4.63. The largest absolute Gasteiger partial charge is 0.480 e. The Morgan fingerprint density at radius 1 is 1.35 bits per heavy atom. The fourth-order valence-electron chi connectivity index (χ4n) is 2.13. The van der Waals surface area contributed by atoms with Gasteiger partial charge in [0.15, 0.2) is 0 Å². The third kappa shape index (κ3) is 5.96. The van der Waals surface area contributed by atoms with E-state index < -0.39 is 12.0 Å². The molecule has 0 aromatic carbocycles. The summed E-state index contributed by atoms with van der Waals surface area (Å²) < 4.78 is 0. The Kier molecular flexibility index (Phi) is 6.40. The number of hydrogen-bond acceptors (Lipinski definition) is 3. The van der Waals surface area contributed by atoms with Crippen LogP contribution in [0, 0.1) is 5.92 Å². The van der Waals surface area contributed by atoms with Crippen molar-refractivity contribution < 1.29 is 14.7 Å². The maximum absolute atomic E-state index is 10.9. The van der Waals surface area contributed by atoms with Crippen molar-refractivity contribution in [2.24, 2.45) is 5.92 Å². The molecule has 1 atom stereocenters. The van der Waals surface area contributed by atoms with E-state index in [0.717, 1.165) is 11.7 Å². The van der Waals surface area contributed by atoms with E-state index in [1.807, 2.05) is 0 Å². The predicted octanol–water partition coefficient (Wildman–Crippen LogP) is 1.89. The van der Waals surface area contributed by atoms with E-state index in [0.29, 0.717) is 5.75 Å². The van der Waals surface area contributed by atoms with Gasteiger partial charge >= 0.3 is 5.97 Å². The standard InChI is InChI=1S/C12H21NO3S/c1-9(14)13-11(12(15)16)8-17-7-10-5-3-2-4-6-10/h10-11H,2-8H2,1H3,(H,13,14)(H,15,16)/t11-/m0/s1. The number of carboxylic acid groups (broad SMARTS) is 1. The van der Waals surface area contributed by atoms with Gasteiger partial charge in [-0.15, -0.1) is 0 Å². The van der Waals surface area contributed by atoms with Gasteiger partial charge in [0.05, 0.1) is 0 Å². The van der Waals surface area contributed by atoms with Gasteiger partial charge in [-0.2, -0.15) is 11.8 Å². The lowest BCUT2D eigenvalue weighted by atomic mass is 9.91. The van der Waals surface area contributed by atoms with Crippen molar-refractivity contribution in [3.63, 3.8) is 0 Å². The quantitative estimate of drug-likeness (QED) is 0.764. The van der Waals surface area contributed by atoms with Gasteiger partial charge in [-0.05, 0) is 24.5 Å². The number of carboxylic acids is 1. The minimum absolute atomic E-state index is 0.282. The number of carbonyl (C=O) groups is 2. The summed E-state index contributed by atoms with van der Waals surface area (Å²) in [6, 6.07) is -0.749. The highest BCUT2D eigenvalue weighted by Crippen LogP contribution is 2.26. The second-order valence-corrected chi connectivity index (χ2v) is 5.71. The molecular formula is C12H21NO3S. The third-order valence-corrected chi connectivity index (χ3v) is 4.31. The van der Waals surface area contributed by atoms with Gasteiger partial charge in [0, 0.05) is 12.7 Å². The van der Waals surface area contributed by atoms with Gasteiger partial charge in [0.2, 0.25) is 5.91 Å². The van der Waals surface area contributed by atoms with Crippen molar-refractivity contribution in [2.75, 3.05) is 11.5 Å². The maximum atomic E-state index is 10.9. The Labute approximate surface area is 107 Å². The highest BCUT2D eigenvalue weighted by atomic mass is 32.2. The monoisotopic (exact) mass is 259 g/mol. The molecule has 0 heterocycles. The Hall–Kier alpha value is -0.710. The van der Waals surface area contributed by atoms with Gasteiger partial charge in [0.1, 0.15) is 6.04 Å². The normalized spacial score (nSPS) is 18.6. The lowest BCUT2D eigenvalue weighted by Crippen LogP contribution is -2.41. The summed E-state index contributed by atoms with van der Waals surface area (Å²) in [6.07, 6.45) is 6.49. The summed E-state index contributed by atoms with van der Waals surface area (Å²) in [4.78, 5) is 21.7. The SMILES string of the molecule is CC(=O)N[C@@H](CSCC1CCCCC1)C(=O)O. The van der Waals surface area contributed by atoms with Crippen molar-refractivity contribution in [2.45, 2.75) is 45.1 Å². The zero-order chi connectivity index (χ0) is 12.7. The summed E-state index contributed by atoms with van der Waals surface area (Å²) in [7, 11) is 0. The molecule has 1 rings (SSSR count). The van der Waals surface area contributed by atoms with E-state index in [1.165, 1.54) is 39.0 Å². The van der Waals surface area contributed by atoms with E-state index in [4.69, 9.17) is 5.11 Å². The molecule has 98 valence electrons. The van der Waals surface area contributed by atoms with Crippen LogP contribution in [0.1, 0.15) is 39.0 Å². The van der Waals surface area contributed by atoms with Crippen LogP contribution < -0.4 is 5.32 Å². The summed E-state index contributed by atoms with van der Waals surface area (Å²) in [5.41, 5.74) is 0. The summed E-state index contributed by atoms with van der Waals surface area (Å²) in [5, 5.41) is 11.4. The van der Waals surface area contributed by atoms with Crippen LogP contribution in [0.25, 0.3) is 0 Å². The topological polar surface area (TPSA) is 66.4 Å². The van der Waals surface area contributed by atoms with Crippen LogP contribution in [0.4, 0.5) is 0 Å². The third-order valence-electron chi connectivity index (χ3n) is 3.04. The Balaban J connectivity index is 2.21. The van der Waals surface area contributed by atoms with Gasteiger partial charge in [-0.1, -0.05) is 19.3 Å². The van der Waals surface area contributed by atoms with Crippen molar-refractivity contribution in [1.82, 2.24) is 5.32 Å². The van der Waals surface area contributed by atoms with Crippen molar-refractivity contribution in [3.8, 4) is 0 Å². The molecule has 0 aromatic rings. The molecule has 0 saturated heterocycles. The average molecular weight is 259 g/mol. The van der Waals surface area contributed by atoms with E-state index in [2.05, 4.69) is 5.32 Å². The van der Waals surface area contributed by atoms with E-state index >= 15 is 0 Å². The average Bonchev–Trinajstić information content (AvgIpc) is 2.28. The number of thioether (sulfide) groups is 1. The summed E-state index contributed by atoms with van der Waals surface area (Å²) >= 11 is 1.64. The fraction of sp³-hybridized carbons (Fsp3) is 0.833. The summed E-state index contributed by atoms with van der Waals surface area (Å²) in [6.45, 7) is 1.35. The molecular weight excluding hydrogens is 238 g/mol. The fourth-order valence-corrected chi connectivity index (χ4v) is 3.39. The first-order valence-electron chi connectivity index (χ1n) is 6.17. The number of nitrogens with one attached hydrogen (secondary N) is 1. The van der Waals surface area contributed by atoms with Crippen LogP contribution >= 0.6 is 11.8 Å². The van der Waals surface area contributed by atoms with Crippen LogP contribution in [-0.4, -0.2) is 34.5 Å². The van der Waals surface area contributed by atoms with Gasteiger partial charge in [-0.25, -0.2) is 4.79 Å². The molecule has 1 fully saturated rings. The zero-order valence-electron chi connectivity index (χ0n) is 10.3. The predicted molar refractivity (Wildman–Crippen MR) is 69.1 cm³/mol. The molecule has 1 aliphatic carbocycles. The van der Waals surface area contributed by atoms with Gasteiger partial charge < -0.3 is 10.4 Å². The first-order chi connectivity index (χ1) is 8.09. The zero-order valence-corrected chi connectivity index (χ0v) is 11.1. The van der Waals surface area contributed by atoms with E-state index in [9.17, 15) is 9.59 Å². The molecule has 0 spiro atoms. The molecule has 5 heteroatoms. The molecule has 4 nitrogen and oxygen atoms in total. The van der Waals surface area contributed by atoms with Gasteiger partial charge in [0.25, 0.3) is 0 Å². The van der Waals surface area contributed by atoms with Crippen LogP contribution in [-0.2, 0) is 9.59 Å². The highest BCUT2D eigenvalue weighted by molar-refractivity contribution is 7.99. The maximum Gasteiger partial charge on any atom is 0.327 e. The van der Waals surface area contributed by atoms with Crippen molar-refractivity contribution >= 4 is 23.6 Å². The molecule has 0 unspecified atom stereocenters. The molecule has 0 aliphatic heterocycles. The Bertz CT molecular complexity index is 264. The van der Waals surface area contributed by atoms with Crippen molar-refractivity contribution in [1.29, 1.82) is 0 Å². The number of hydrogen-bond donors (Lipinski definition) is 2. The van der Waals surface area contributed by atoms with Gasteiger partial charge in [-0.3, -0.25) is 4.79 Å². The Morgan fingerprint density at radius 3 is 2.53 bits per heavy atom. The number of carbonyl (C=O) groups excluding carboxylic acids is 1. The highest BCUT2D eigenvalue weighted by Gasteiger charge is 2.19. The summed E-state index contributed by atoms with van der Waals surface area (Å²) in [5.74, 6) is 0.988. The van der Waals surface area contributed by atoms with Crippen LogP contribution in [0.5, 0.6) is 0 Å². The second kappa shape index (κ2) is 7.58. The van der Waals surface area contributed by atoms with Crippen LogP contribution in [0.2, 0.25) is 0 Å². The molecule has 1 aliphatic rings. The lowest BCUT2D eigenvalue weighted by molar-refractivity contribution is -0.140.